The van der Waals surface area contributed by atoms with Gasteiger partial charge in [-0.25, -0.2) is 13.4 Å². The highest BCUT2D eigenvalue weighted by Crippen LogP contribution is 2.31. The van der Waals surface area contributed by atoms with Crippen molar-refractivity contribution in [1.29, 1.82) is 0 Å². The second-order valence-corrected chi connectivity index (χ2v) is 10.6. The lowest BCUT2D eigenvalue weighted by Gasteiger charge is -2.26. The fraction of sp³-hybridized carbons (Fsp3) is 0.296. The minimum atomic E-state index is -4.51. The highest BCUT2D eigenvalue weighted by atomic mass is 32.2. The number of hydrogen-bond donors (Lipinski definition) is 1. The normalized spacial score (nSPS) is 15.0. The number of morpholine rings is 1. The minimum absolute atomic E-state index is 0.00253. The smallest absolute Gasteiger partial charge is 0.379 e. The first-order valence-corrected chi connectivity index (χ1v) is 13.2. The van der Waals surface area contributed by atoms with Crippen molar-refractivity contribution >= 4 is 15.8 Å². The maximum Gasteiger partial charge on any atom is 0.416 e. The molecular formula is C27H27F3N2O4S. The van der Waals surface area contributed by atoms with Gasteiger partial charge in [0.2, 0.25) is 0 Å². The van der Waals surface area contributed by atoms with Crippen molar-refractivity contribution in [1.82, 2.24) is 9.84 Å². The summed E-state index contributed by atoms with van der Waals surface area (Å²) < 4.78 is 70.7. The number of ether oxygens (including phenoxy) is 1. The number of aryl methyl sites for hydroxylation is 1. The molecule has 3 aromatic carbocycles. The van der Waals surface area contributed by atoms with Gasteiger partial charge in [-0.1, -0.05) is 54.1 Å². The number of nitrogens with zero attached hydrogens (tertiary/aromatic N) is 1. The molecule has 4 rings (SSSR count). The van der Waals surface area contributed by atoms with E-state index in [9.17, 15) is 26.4 Å². The van der Waals surface area contributed by atoms with Crippen molar-refractivity contribution in [3.63, 3.8) is 0 Å². The lowest BCUT2D eigenvalue weighted by molar-refractivity contribution is -0.137. The first-order valence-electron chi connectivity index (χ1n) is 11.7. The Kier molecular flexibility index (Phi) is 8.13. The number of ketones is 1. The molecule has 1 saturated heterocycles. The third-order valence-corrected chi connectivity index (χ3v) is 7.39. The van der Waals surface area contributed by atoms with Crippen LogP contribution in [0.4, 0.5) is 13.2 Å². The van der Waals surface area contributed by atoms with E-state index in [1.807, 2.05) is 31.2 Å². The number of alkyl halides is 3. The van der Waals surface area contributed by atoms with Crippen LogP contribution in [0.15, 0.2) is 71.6 Å². The average Bonchev–Trinajstić information content (AvgIpc) is 2.84. The van der Waals surface area contributed by atoms with Crippen LogP contribution in [0.3, 0.4) is 0 Å². The summed E-state index contributed by atoms with van der Waals surface area (Å²) in [6.07, 6.45) is -4.85. The monoisotopic (exact) mass is 532 g/mol. The highest BCUT2D eigenvalue weighted by Gasteiger charge is 2.30. The van der Waals surface area contributed by atoms with Crippen LogP contribution in [-0.2, 0) is 38.6 Å². The number of Topliss-reactive ketones (excluding diaryl/α,β-unsaturated/α-hetero) is 1. The topological polar surface area (TPSA) is 75.7 Å². The fourth-order valence-corrected chi connectivity index (χ4v) is 5.39. The highest BCUT2D eigenvalue weighted by molar-refractivity contribution is 7.89. The van der Waals surface area contributed by atoms with Gasteiger partial charge in [-0.05, 0) is 47.4 Å². The average molecular weight is 533 g/mol. The molecule has 0 aliphatic carbocycles. The fourth-order valence-electron chi connectivity index (χ4n) is 4.22. The number of nitrogens with one attached hydrogen (secondary N) is 1. The molecule has 6 nitrogen and oxygen atoms in total. The van der Waals surface area contributed by atoms with Gasteiger partial charge in [0, 0.05) is 25.9 Å². The van der Waals surface area contributed by atoms with E-state index in [0.29, 0.717) is 37.4 Å². The van der Waals surface area contributed by atoms with Crippen LogP contribution in [0.2, 0.25) is 0 Å². The van der Waals surface area contributed by atoms with E-state index in [0.717, 1.165) is 23.3 Å². The second-order valence-electron chi connectivity index (χ2n) is 8.97. The Morgan fingerprint density at radius 3 is 2.41 bits per heavy atom. The van der Waals surface area contributed by atoms with Crippen LogP contribution in [0.5, 0.6) is 0 Å². The van der Waals surface area contributed by atoms with Crippen LogP contribution < -0.4 is 4.83 Å². The Morgan fingerprint density at radius 2 is 1.70 bits per heavy atom. The molecule has 0 bridgehead atoms. The maximum atomic E-state index is 13.1. The first-order chi connectivity index (χ1) is 17.5. The predicted molar refractivity (Wildman–Crippen MR) is 133 cm³/mol. The zero-order valence-electron chi connectivity index (χ0n) is 20.2. The summed E-state index contributed by atoms with van der Waals surface area (Å²) in [6, 6.07) is 16.9. The van der Waals surface area contributed by atoms with Gasteiger partial charge in [-0.3, -0.25) is 4.79 Å². The van der Waals surface area contributed by atoms with Crippen molar-refractivity contribution in [3.05, 3.63) is 89.0 Å². The van der Waals surface area contributed by atoms with E-state index in [1.165, 1.54) is 24.3 Å². The molecule has 0 atom stereocenters. The summed E-state index contributed by atoms with van der Waals surface area (Å²) in [6.45, 7) is 3.55. The summed E-state index contributed by atoms with van der Waals surface area (Å²) in [5.41, 5.74) is 2.39. The standard InChI is InChI=1S/C27H27F3N2O4S/c1-19-4-2-6-21(14-19)26-9-8-25(37(34,35)31-32-10-12-36-13-11-32)18-22(26)17-24(33)16-20-5-3-7-23(15-20)27(28,29)30/h2-9,14-15,18,31H,10-13,16-17H2,1H3. The summed E-state index contributed by atoms with van der Waals surface area (Å²) in [4.78, 5) is 15.6. The van der Waals surface area contributed by atoms with Gasteiger partial charge in [0.05, 0.1) is 23.7 Å². The molecule has 0 spiro atoms. The van der Waals surface area contributed by atoms with Crippen LogP contribution in [0.1, 0.15) is 22.3 Å². The van der Waals surface area contributed by atoms with Gasteiger partial charge >= 0.3 is 6.18 Å². The predicted octanol–water partition coefficient (Wildman–Crippen LogP) is 4.56. The molecule has 37 heavy (non-hydrogen) atoms. The largest absolute Gasteiger partial charge is 0.416 e. The van der Waals surface area contributed by atoms with Gasteiger partial charge in [-0.15, -0.1) is 4.83 Å². The van der Waals surface area contributed by atoms with E-state index in [-0.39, 0.29) is 29.1 Å². The molecular weight excluding hydrogens is 505 g/mol. The van der Waals surface area contributed by atoms with E-state index < -0.39 is 21.8 Å². The number of sulfonamides is 1. The van der Waals surface area contributed by atoms with Crippen molar-refractivity contribution in [2.24, 2.45) is 0 Å². The van der Waals surface area contributed by atoms with Crippen LogP contribution in [0, 0.1) is 6.92 Å². The molecule has 0 radical (unpaired) electrons. The zero-order valence-corrected chi connectivity index (χ0v) is 21.0. The molecule has 3 aromatic rings. The zero-order chi connectivity index (χ0) is 26.6. The van der Waals surface area contributed by atoms with E-state index in [4.69, 9.17) is 4.74 Å². The number of benzene rings is 3. The minimum Gasteiger partial charge on any atom is -0.379 e. The SMILES string of the molecule is Cc1cccc(-c2ccc(S(=O)(=O)NN3CCOCC3)cc2CC(=O)Cc2cccc(C(F)(F)F)c2)c1. The molecule has 0 amide bonds. The molecule has 1 N–H and O–H groups in total. The van der Waals surface area contributed by atoms with Gasteiger partial charge in [-0.2, -0.15) is 13.2 Å². The third kappa shape index (κ3) is 7.04. The Balaban J connectivity index is 1.64. The number of rotatable bonds is 8. The number of hydrazine groups is 1. The molecule has 1 aliphatic rings. The van der Waals surface area contributed by atoms with Crippen LogP contribution >= 0.6 is 0 Å². The molecule has 0 aromatic heterocycles. The van der Waals surface area contributed by atoms with Crippen LogP contribution in [-0.4, -0.2) is 45.5 Å². The van der Waals surface area contributed by atoms with Gasteiger partial charge < -0.3 is 4.74 Å². The summed E-state index contributed by atoms with van der Waals surface area (Å²) in [5.74, 6) is -0.330. The van der Waals surface area contributed by atoms with E-state index >= 15 is 0 Å². The van der Waals surface area contributed by atoms with Crippen LogP contribution in [0.25, 0.3) is 11.1 Å². The number of carbonyl (C=O) groups is 1. The summed E-state index contributed by atoms with van der Waals surface area (Å²) >= 11 is 0. The van der Waals surface area contributed by atoms with Gasteiger partial charge in [0.25, 0.3) is 10.0 Å². The van der Waals surface area contributed by atoms with Crippen molar-refractivity contribution in [2.75, 3.05) is 26.3 Å². The molecule has 0 saturated carbocycles. The Bertz CT molecular complexity index is 1380. The summed E-state index contributed by atoms with van der Waals surface area (Å²) in [5, 5.41) is 1.56. The van der Waals surface area contributed by atoms with Crippen molar-refractivity contribution in [2.45, 2.75) is 30.8 Å². The molecule has 196 valence electrons. The Labute approximate surface area is 214 Å². The number of hydrogen-bond acceptors (Lipinski definition) is 5. The molecule has 1 aliphatic heterocycles. The molecule has 1 fully saturated rings. The quantitative estimate of drug-likeness (QED) is 0.461. The third-order valence-electron chi connectivity index (χ3n) is 6.02. The summed E-state index contributed by atoms with van der Waals surface area (Å²) in [7, 11) is -3.92. The second kappa shape index (κ2) is 11.1. The van der Waals surface area contributed by atoms with Crippen molar-refractivity contribution < 1.29 is 31.1 Å². The van der Waals surface area contributed by atoms with Crippen molar-refractivity contribution in [3.8, 4) is 11.1 Å². The number of carbonyl (C=O) groups excluding carboxylic acids is 1. The molecule has 0 unspecified atom stereocenters. The van der Waals surface area contributed by atoms with Gasteiger partial charge in [0.1, 0.15) is 5.78 Å². The lowest BCUT2D eigenvalue weighted by atomic mass is 9.93. The molecule has 1 heterocycles. The lowest BCUT2D eigenvalue weighted by Crippen LogP contribution is -2.48. The van der Waals surface area contributed by atoms with E-state index in [2.05, 4.69) is 4.83 Å². The first kappa shape index (κ1) is 27.0. The Hall–Kier alpha value is -3.05. The number of halogens is 3. The Morgan fingerprint density at radius 1 is 0.973 bits per heavy atom. The maximum absolute atomic E-state index is 13.1. The van der Waals surface area contributed by atoms with E-state index in [1.54, 1.807) is 11.1 Å². The molecule has 10 heteroatoms. The van der Waals surface area contributed by atoms with Gasteiger partial charge in [0.15, 0.2) is 0 Å².